The minimum absolute atomic E-state index is 0.0537. The molecule has 3 aromatic carbocycles. The number of hydrogen-bond donors (Lipinski definition) is 0. The highest BCUT2D eigenvalue weighted by atomic mass is 19.2. The van der Waals surface area contributed by atoms with E-state index in [4.69, 9.17) is 0 Å². The maximum Gasteiger partial charge on any atom is 0.257 e. The molecule has 0 saturated carbocycles. The van der Waals surface area contributed by atoms with Crippen molar-refractivity contribution in [3.05, 3.63) is 87.2 Å². The molecule has 0 fully saturated rings. The normalized spacial score (nSPS) is 11.2. The monoisotopic (exact) mass is 446 g/mol. The molecule has 0 unspecified atom stereocenters. The molecule has 0 heterocycles. The van der Waals surface area contributed by atoms with Crippen LogP contribution in [0.3, 0.4) is 0 Å². The van der Waals surface area contributed by atoms with Gasteiger partial charge in [-0.05, 0) is 54.5 Å². The fourth-order valence-corrected chi connectivity index (χ4v) is 3.59. The number of benzene rings is 3. The molecular weight excluding hydrogens is 434 g/mol. The van der Waals surface area contributed by atoms with E-state index >= 15 is 0 Å². The van der Waals surface area contributed by atoms with Crippen molar-refractivity contribution in [3.8, 4) is 0 Å². The lowest BCUT2D eigenvalue weighted by atomic mass is 9.35. The van der Waals surface area contributed by atoms with E-state index in [1.807, 2.05) is 0 Å². The number of aryl methyl sites for hydroxylation is 1. The van der Waals surface area contributed by atoms with Crippen molar-refractivity contribution < 1.29 is 39.5 Å². The second-order valence-electron chi connectivity index (χ2n) is 7.04. The Hall–Kier alpha value is -2.91. The Morgan fingerprint density at radius 2 is 0.839 bits per heavy atom. The highest BCUT2D eigenvalue weighted by Gasteiger charge is 2.38. The summed E-state index contributed by atoms with van der Waals surface area (Å²) in [5, 5.41) is 0. The first-order chi connectivity index (χ1) is 14.4. The van der Waals surface area contributed by atoms with Gasteiger partial charge in [-0.25, -0.2) is 39.5 Å². The molecule has 0 radical (unpaired) electrons. The van der Waals surface area contributed by atoms with Gasteiger partial charge in [0.1, 0.15) is 17.5 Å². The molecule has 0 aliphatic carbocycles. The minimum Gasteiger partial charge on any atom is -0.207 e. The lowest BCUT2D eigenvalue weighted by Gasteiger charge is -2.23. The van der Waals surface area contributed by atoms with Crippen molar-refractivity contribution >= 4 is 23.1 Å². The minimum atomic E-state index is -2.31. The first kappa shape index (κ1) is 22.8. The van der Waals surface area contributed by atoms with Gasteiger partial charge in [0.05, 0.1) is 0 Å². The van der Waals surface area contributed by atoms with Crippen LogP contribution in [0.1, 0.15) is 16.7 Å². The van der Waals surface area contributed by atoms with Gasteiger partial charge in [0.25, 0.3) is 6.71 Å². The summed E-state index contributed by atoms with van der Waals surface area (Å²) in [7, 11) is 0. The second kappa shape index (κ2) is 7.98. The Balaban J connectivity index is 2.56. The molecule has 162 valence electrons. The Bertz CT molecular complexity index is 1070. The maximum atomic E-state index is 14.8. The van der Waals surface area contributed by atoms with Crippen LogP contribution < -0.4 is 16.4 Å². The molecule has 0 N–H and O–H groups in total. The first-order valence-electron chi connectivity index (χ1n) is 8.80. The average molecular weight is 446 g/mol. The van der Waals surface area contributed by atoms with Crippen molar-refractivity contribution in [2.45, 2.75) is 20.8 Å². The molecule has 0 amide bonds. The zero-order valence-electron chi connectivity index (χ0n) is 16.2. The van der Waals surface area contributed by atoms with E-state index in [0.29, 0.717) is 6.07 Å². The summed E-state index contributed by atoms with van der Waals surface area (Å²) in [5.41, 5.74) is -5.32. The molecule has 0 spiro atoms. The molecule has 0 aromatic heterocycles. The largest absolute Gasteiger partial charge is 0.257 e. The van der Waals surface area contributed by atoms with Gasteiger partial charge >= 0.3 is 0 Å². The molecule has 10 heteroatoms. The van der Waals surface area contributed by atoms with Crippen molar-refractivity contribution in [2.24, 2.45) is 0 Å². The van der Waals surface area contributed by atoms with E-state index in [0.717, 1.165) is 20.8 Å². The van der Waals surface area contributed by atoms with E-state index in [9.17, 15) is 39.5 Å². The summed E-state index contributed by atoms with van der Waals surface area (Å²) in [6.07, 6.45) is 0. The maximum absolute atomic E-state index is 14.8. The number of rotatable bonds is 3. The number of halogens is 9. The van der Waals surface area contributed by atoms with Gasteiger partial charge in [0.2, 0.25) is 0 Å². The summed E-state index contributed by atoms with van der Waals surface area (Å²) in [5.74, 6) is -14.5. The highest BCUT2D eigenvalue weighted by Crippen LogP contribution is 2.20. The standard InChI is InChI=1S/C21H12BF9/c1-7-4-10(23)17(21(31)18(7)28)22(15-8(2)19(29)13(26)5-11(15)24)16-9(3)20(30)14(27)6-12(16)25/h4-6H,1-3H3. The molecule has 0 bridgehead atoms. The summed E-state index contributed by atoms with van der Waals surface area (Å²) in [4.78, 5) is 0. The zero-order valence-corrected chi connectivity index (χ0v) is 16.2. The molecule has 0 nitrogen and oxygen atoms in total. The molecule has 0 aliphatic rings. The molecule has 31 heavy (non-hydrogen) atoms. The van der Waals surface area contributed by atoms with E-state index < -0.39 is 92.1 Å². The fraction of sp³-hybridized carbons (Fsp3) is 0.143. The van der Waals surface area contributed by atoms with Gasteiger partial charge in [-0.3, -0.25) is 0 Å². The van der Waals surface area contributed by atoms with Crippen LogP contribution in [0.15, 0.2) is 18.2 Å². The smallest absolute Gasteiger partial charge is 0.207 e. The lowest BCUT2D eigenvalue weighted by Crippen LogP contribution is -2.59. The van der Waals surface area contributed by atoms with Crippen LogP contribution in [-0.4, -0.2) is 6.71 Å². The van der Waals surface area contributed by atoms with Gasteiger partial charge in [0, 0.05) is 17.6 Å². The predicted molar refractivity (Wildman–Crippen MR) is 97.8 cm³/mol. The van der Waals surface area contributed by atoms with Crippen molar-refractivity contribution in [1.29, 1.82) is 0 Å². The van der Waals surface area contributed by atoms with E-state index in [1.165, 1.54) is 0 Å². The third kappa shape index (κ3) is 3.57. The van der Waals surface area contributed by atoms with Crippen LogP contribution in [0.2, 0.25) is 0 Å². The first-order valence-corrected chi connectivity index (χ1v) is 8.80. The summed E-state index contributed by atoms with van der Waals surface area (Å²) >= 11 is 0. The summed E-state index contributed by atoms with van der Waals surface area (Å²) in [6.45, 7) is 0.405. The van der Waals surface area contributed by atoms with Gasteiger partial charge < -0.3 is 0 Å². The van der Waals surface area contributed by atoms with Crippen LogP contribution in [0.5, 0.6) is 0 Å². The van der Waals surface area contributed by atoms with Gasteiger partial charge in [-0.1, -0.05) is 0 Å². The van der Waals surface area contributed by atoms with E-state index in [2.05, 4.69) is 0 Å². The quantitative estimate of drug-likeness (QED) is 0.319. The van der Waals surface area contributed by atoms with Crippen molar-refractivity contribution in [1.82, 2.24) is 0 Å². The Kier molecular flexibility index (Phi) is 5.86. The topological polar surface area (TPSA) is 0 Å². The third-order valence-corrected chi connectivity index (χ3v) is 5.15. The predicted octanol–water partition coefficient (Wildman–Crippen LogP) is 4.38. The Morgan fingerprint density at radius 1 is 0.452 bits per heavy atom. The number of hydrogen-bond acceptors (Lipinski definition) is 0. The zero-order chi connectivity index (χ0) is 23.4. The SMILES string of the molecule is Cc1cc(F)c(B(c2c(F)cc(F)c(F)c2C)c2c(F)cc(F)c(F)c2C)c(F)c1F. The van der Waals surface area contributed by atoms with Crippen LogP contribution in [0.4, 0.5) is 39.5 Å². The van der Waals surface area contributed by atoms with E-state index in [1.54, 1.807) is 0 Å². The molecule has 3 rings (SSSR count). The van der Waals surface area contributed by atoms with Crippen LogP contribution in [0.25, 0.3) is 0 Å². The van der Waals surface area contributed by atoms with Crippen LogP contribution >= 0.6 is 0 Å². The van der Waals surface area contributed by atoms with Crippen molar-refractivity contribution in [3.63, 3.8) is 0 Å². The Morgan fingerprint density at radius 3 is 1.26 bits per heavy atom. The van der Waals surface area contributed by atoms with Crippen molar-refractivity contribution in [2.75, 3.05) is 0 Å². The fourth-order valence-electron chi connectivity index (χ4n) is 3.59. The average Bonchev–Trinajstić information content (AvgIpc) is 2.68. The second-order valence-corrected chi connectivity index (χ2v) is 7.04. The Labute approximate surface area is 171 Å². The molecule has 0 atom stereocenters. The summed E-state index contributed by atoms with van der Waals surface area (Å²) < 4.78 is 129. The molecule has 0 saturated heterocycles. The van der Waals surface area contributed by atoms with E-state index in [-0.39, 0.29) is 12.1 Å². The van der Waals surface area contributed by atoms with Crippen LogP contribution in [0, 0.1) is 73.1 Å². The third-order valence-electron chi connectivity index (χ3n) is 5.15. The lowest BCUT2D eigenvalue weighted by molar-refractivity contribution is 0.490. The molecule has 0 aliphatic heterocycles. The summed E-state index contributed by atoms with van der Waals surface area (Å²) in [6, 6.07) is 0.636. The highest BCUT2D eigenvalue weighted by molar-refractivity contribution is 6.96. The molecule has 3 aromatic rings. The molecular formula is C21H12BF9. The van der Waals surface area contributed by atoms with Crippen LogP contribution in [-0.2, 0) is 0 Å². The van der Waals surface area contributed by atoms with Gasteiger partial charge in [-0.2, -0.15) is 0 Å². The van der Waals surface area contributed by atoms with Gasteiger partial charge in [-0.15, -0.1) is 0 Å². The van der Waals surface area contributed by atoms with Gasteiger partial charge in [0.15, 0.2) is 34.9 Å².